The zero-order valence-corrected chi connectivity index (χ0v) is 19.9. The molecule has 0 radical (unpaired) electrons. The number of piperidine rings is 1. The lowest BCUT2D eigenvalue weighted by atomic mass is 10.0. The Labute approximate surface area is 199 Å². The molecule has 0 aliphatic carbocycles. The molecule has 4 aromatic rings. The molecule has 164 valence electrons. The molecule has 1 aliphatic heterocycles. The summed E-state index contributed by atoms with van der Waals surface area (Å²) in [5, 5.41) is 1.91. The molecule has 0 unspecified atom stereocenters. The first kappa shape index (κ1) is 21.6. The van der Waals surface area contributed by atoms with Crippen LogP contribution < -0.4 is 0 Å². The number of halogens is 1. The first-order valence-corrected chi connectivity index (χ1v) is 12.6. The average Bonchev–Trinajstić information content (AvgIpc) is 3.17. The van der Waals surface area contributed by atoms with Crippen LogP contribution in [0.1, 0.15) is 35.6 Å². The lowest BCUT2D eigenvalue weighted by molar-refractivity contribution is 0.177. The Bertz CT molecular complexity index is 1180. The summed E-state index contributed by atoms with van der Waals surface area (Å²) in [6, 6.07) is 26.1. The number of benzene rings is 3. The number of aromatic nitrogens is 2. The highest BCUT2D eigenvalue weighted by Crippen LogP contribution is 2.35. The molecule has 0 N–H and O–H groups in total. The molecular weight excluding hydrogens is 434 g/mol. The predicted octanol–water partition coefficient (Wildman–Crippen LogP) is 7.13. The van der Waals surface area contributed by atoms with Crippen molar-refractivity contribution in [3.8, 4) is 0 Å². The van der Waals surface area contributed by atoms with Crippen molar-refractivity contribution >= 4 is 34.4 Å². The van der Waals surface area contributed by atoms with Gasteiger partial charge in [-0.05, 0) is 60.7 Å². The van der Waals surface area contributed by atoms with Crippen LogP contribution in [0.3, 0.4) is 0 Å². The van der Waals surface area contributed by atoms with Crippen molar-refractivity contribution < 1.29 is 0 Å². The maximum atomic E-state index is 6.06. The van der Waals surface area contributed by atoms with Crippen molar-refractivity contribution in [3.63, 3.8) is 0 Å². The molecule has 1 saturated heterocycles. The third kappa shape index (κ3) is 4.88. The largest absolute Gasteiger partial charge is 0.316 e. The highest BCUT2D eigenvalue weighted by molar-refractivity contribution is 7.98. The van der Waals surface area contributed by atoms with Crippen LogP contribution in [-0.2, 0) is 12.3 Å². The molecule has 5 heteroatoms. The fraction of sp³-hybridized carbons (Fsp3) is 0.296. The molecule has 3 nitrogen and oxygen atoms in total. The quantitative estimate of drug-likeness (QED) is 0.285. The van der Waals surface area contributed by atoms with Gasteiger partial charge in [-0.2, -0.15) is 0 Å². The summed E-state index contributed by atoms with van der Waals surface area (Å²) >= 11 is 7.89. The van der Waals surface area contributed by atoms with Crippen LogP contribution in [0, 0.1) is 6.92 Å². The molecule has 0 amide bonds. The molecule has 0 bridgehead atoms. The zero-order chi connectivity index (χ0) is 21.9. The normalized spacial score (nSPS) is 15.4. The molecule has 1 aromatic heterocycles. The van der Waals surface area contributed by atoms with E-state index in [9.17, 15) is 0 Å². The minimum absolute atomic E-state index is 0.488. The molecular formula is C27H28ClN3S. The second kappa shape index (κ2) is 9.70. The maximum Gasteiger partial charge on any atom is 0.169 e. The molecule has 0 spiro atoms. The second-order valence-corrected chi connectivity index (χ2v) is 10.0. The van der Waals surface area contributed by atoms with Crippen LogP contribution in [0.15, 0.2) is 78.0 Å². The van der Waals surface area contributed by atoms with Crippen LogP contribution in [0.5, 0.6) is 0 Å². The van der Waals surface area contributed by atoms with Gasteiger partial charge in [-0.15, -0.1) is 0 Å². The van der Waals surface area contributed by atoms with Crippen LogP contribution in [-0.4, -0.2) is 27.5 Å². The zero-order valence-electron chi connectivity index (χ0n) is 18.4. The van der Waals surface area contributed by atoms with Gasteiger partial charge in [-0.1, -0.05) is 71.9 Å². The topological polar surface area (TPSA) is 21.1 Å². The van der Waals surface area contributed by atoms with Gasteiger partial charge in [0, 0.05) is 36.5 Å². The monoisotopic (exact) mass is 461 g/mol. The lowest BCUT2D eigenvalue weighted by Gasteiger charge is -2.33. The smallest absolute Gasteiger partial charge is 0.169 e. The Balaban J connectivity index is 1.35. The van der Waals surface area contributed by atoms with Gasteiger partial charge in [0.1, 0.15) is 0 Å². The average molecular weight is 462 g/mol. The van der Waals surface area contributed by atoms with Gasteiger partial charge < -0.3 is 4.57 Å². The van der Waals surface area contributed by atoms with Gasteiger partial charge in [0.05, 0.1) is 11.0 Å². The summed E-state index contributed by atoms with van der Waals surface area (Å²) in [5.41, 5.74) is 6.32. The second-order valence-electron chi connectivity index (χ2n) is 8.66. The molecule has 3 aromatic carbocycles. The Morgan fingerprint density at radius 2 is 1.69 bits per heavy atom. The highest BCUT2D eigenvalue weighted by Gasteiger charge is 2.25. The molecule has 5 rings (SSSR count). The number of nitrogens with zero attached hydrogens (tertiary/aromatic N) is 3. The number of thioether (sulfide) groups is 1. The van der Waals surface area contributed by atoms with Crippen molar-refractivity contribution in [1.82, 2.24) is 14.5 Å². The lowest BCUT2D eigenvalue weighted by Crippen LogP contribution is -2.34. The van der Waals surface area contributed by atoms with Crippen molar-refractivity contribution in [3.05, 3.63) is 94.5 Å². The van der Waals surface area contributed by atoms with E-state index >= 15 is 0 Å². The maximum absolute atomic E-state index is 6.06. The third-order valence-electron chi connectivity index (χ3n) is 6.27. The van der Waals surface area contributed by atoms with E-state index < -0.39 is 0 Å². The van der Waals surface area contributed by atoms with Crippen molar-refractivity contribution in [2.45, 2.75) is 43.3 Å². The summed E-state index contributed by atoms with van der Waals surface area (Å²) in [6.07, 6.45) is 2.31. The van der Waals surface area contributed by atoms with Crippen LogP contribution in [0.4, 0.5) is 0 Å². The van der Waals surface area contributed by atoms with E-state index in [0.29, 0.717) is 6.04 Å². The van der Waals surface area contributed by atoms with Gasteiger partial charge in [0.2, 0.25) is 0 Å². The standard InChI is InChI=1S/C27H28ClN3S/c1-20-7-12-25-26(17-20)31(27(29-25)32-19-22-8-10-23(28)11-9-22)24-13-15-30(16-14-24)18-21-5-3-2-4-6-21/h2-12,17,24H,13-16,18-19H2,1H3. The van der Waals surface area contributed by atoms with Crippen LogP contribution >= 0.6 is 23.4 Å². The fourth-order valence-electron chi connectivity index (χ4n) is 4.54. The van der Waals surface area contributed by atoms with E-state index in [0.717, 1.165) is 53.9 Å². The molecule has 0 atom stereocenters. The van der Waals surface area contributed by atoms with Crippen LogP contribution in [0.2, 0.25) is 5.02 Å². The first-order chi connectivity index (χ1) is 15.7. The fourth-order valence-corrected chi connectivity index (χ4v) is 5.70. The van der Waals surface area contributed by atoms with Crippen molar-refractivity contribution in [2.75, 3.05) is 13.1 Å². The number of imidazole rings is 1. The van der Waals surface area contributed by atoms with Crippen molar-refractivity contribution in [1.29, 1.82) is 0 Å². The minimum Gasteiger partial charge on any atom is -0.316 e. The molecule has 32 heavy (non-hydrogen) atoms. The predicted molar refractivity (Wildman–Crippen MR) is 135 cm³/mol. The summed E-state index contributed by atoms with van der Waals surface area (Å²) in [6.45, 7) is 5.44. The number of hydrogen-bond acceptors (Lipinski definition) is 3. The minimum atomic E-state index is 0.488. The Morgan fingerprint density at radius 3 is 2.44 bits per heavy atom. The molecule has 1 aliphatic rings. The third-order valence-corrected chi connectivity index (χ3v) is 7.54. The summed E-state index contributed by atoms with van der Waals surface area (Å²) < 4.78 is 2.52. The first-order valence-electron chi connectivity index (χ1n) is 11.3. The number of rotatable bonds is 6. The van der Waals surface area contributed by atoms with E-state index in [-0.39, 0.29) is 0 Å². The van der Waals surface area contributed by atoms with Gasteiger partial charge in [0.15, 0.2) is 5.16 Å². The molecule has 2 heterocycles. The van der Waals surface area contributed by atoms with E-state index in [2.05, 4.69) is 77.1 Å². The van der Waals surface area contributed by atoms with E-state index in [4.69, 9.17) is 16.6 Å². The van der Waals surface area contributed by atoms with Gasteiger partial charge >= 0.3 is 0 Å². The van der Waals surface area contributed by atoms with Gasteiger partial charge in [-0.3, -0.25) is 4.90 Å². The number of likely N-dealkylation sites (tertiary alicyclic amines) is 1. The summed E-state index contributed by atoms with van der Waals surface area (Å²) in [4.78, 5) is 7.61. The summed E-state index contributed by atoms with van der Waals surface area (Å²) in [5.74, 6) is 0.895. The van der Waals surface area contributed by atoms with E-state index in [1.165, 1.54) is 22.2 Å². The number of hydrogen-bond donors (Lipinski definition) is 0. The number of fused-ring (bicyclic) bond motifs is 1. The Morgan fingerprint density at radius 1 is 0.938 bits per heavy atom. The highest BCUT2D eigenvalue weighted by atomic mass is 35.5. The Kier molecular flexibility index (Phi) is 6.54. The molecule has 0 saturated carbocycles. The number of aryl methyl sites for hydroxylation is 1. The van der Waals surface area contributed by atoms with Crippen LogP contribution in [0.25, 0.3) is 11.0 Å². The molecule has 1 fully saturated rings. The SMILES string of the molecule is Cc1ccc2nc(SCc3ccc(Cl)cc3)n(C3CCN(Cc4ccccc4)CC3)c2c1. The van der Waals surface area contributed by atoms with Gasteiger partial charge in [-0.25, -0.2) is 4.98 Å². The van der Waals surface area contributed by atoms with Crippen molar-refractivity contribution in [2.24, 2.45) is 0 Å². The van der Waals surface area contributed by atoms with E-state index in [1.54, 1.807) is 0 Å². The Hall–Kier alpha value is -2.27. The summed E-state index contributed by atoms with van der Waals surface area (Å²) in [7, 11) is 0. The van der Waals surface area contributed by atoms with E-state index in [1.807, 2.05) is 23.9 Å². The van der Waals surface area contributed by atoms with Gasteiger partial charge in [0.25, 0.3) is 0 Å².